The number of carbonyl (C=O) groups excluding carboxylic acids is 5. The van der Waals surface area contributed by atoms with Crippen molar-refractivity contribution in [2.45, 2.75) is 32.4 Å². The minimum atomic E-state index is -1.03. The summed E-state index contributed by atoms with van der Waals surface area (Å²) in [6, 6.07) is 10.6. The quantitative estimate of drug-likeness (QED) is 0.650. The van der Waals surface area contributed by atoms with Crippen LogP contribution in [0.5, 0.6) is 0 Å². The van der Waals surface area contributed by atoms with Crippen molar-refractivity contribution in [2.24, 2.45) is 0 Å². The molecule has 0 aliphatic carbocycles. The van der Waals surface area contributed by atoms with Crippen LogP contribution in [0, 0.1) is 6.92 Å². The summed E-state index contributed by atoms with van der Waals surface area (Å²) < 4.78 is 0. The van der Waals surface area contributed by atoms with E-state index < -0.39 is 35.7 Å². The third-order valence-electron chi connectivity index (χ3n) is 5.30. The first-order valence-electron chi connectivity index (χ1n) is 9.80. The standard InChI is InChI=1S/C22H20N4O5/c1-12-5-7-14(8-6-12)24-22(31)23-11-13-3-2-4-15-18(13)21(30)26(20(15)29)16-9-10-17(27)25-19(16)28/h2-8,16H,9-11H2,1H3,(H2,23,24,31)(H,25,27,28). The normalized spacial score (nSPS) is 18.0. The second kappa shape index (κ2) is 8.02. The number of urea groups is 1. The molecule has 1 saturated heterocycles. The highest BCUT2D eigenvalue weighted by Crippen LogP contribution is 2.29. The maximum Gasteiger partial charge on any atom is 0.319 e. The van der Waals surface area contributed by atoms with Gasteiger partial charge in [0.2, 0.25) is 11.8 Å². The lowest BCUT2D eigenvalue weighted by Gasteiger charge is -2.27. The second-order valence-electron chi connectivity index (χ2n) is 7.46. The molecule has 2 aliphatic heterocycles. The molecule has 2 aromatic rings. The lowest BCUT2D eigenvalue weighted by Crippen LogP contribution is -2.54. The van der Waals surface area contributed by atoms with E-state index >= 15 is 0 Å². The fraction of sp³-hybridized carbons (Fsp3) is 0.227. The number of nitrogens with zero attached hydrogens (tertiary/aromatic N) is 1. The van der Waals surface area contributed by atoms with Gasteiger partial charge in [-0.15, -0.1) is 0 Å². The van der Waals surface area contributed by atoms with Crippen LogP contribution in [0.1, 0.15) is 44.7 Å². The Morgan fingerprint density at radius 3 is 2.52 bits per heavy atom. The maximum atomic E-state index is 13.0. The lowest BCUT2D eigenvalue weighted by molar-refractivity contribution is -0.136. The van der Waals surface area contributed by atoms with Gasteiger partial charge in [-0.2, -0.15) is 0 Å². The van der Waals surface area contributed by atoms with Gasteiger partial charge in [0.1, 0.15) is 6.04 Å². The summed E-state index contributed by atoms with van der Waals surface area (Å²) in [7, 11) is 0. The molecule has 9 heteroatoms. The van der Waals surface area contributed by atoms with Crippen molar-refractivity contribution in [1.82, 2.24) is 15.5 Å². The Morgan fingerprint density at radius 1 is 1.06 bits per heavy atom. The Kier molecular flexibility index (Phi) is 5.24. The number of carbonyl (C=O) groups is 5. The molecule has 0 bridgehead atoms. The SMILES string of the molecule is Cc1ccc(NC(=O)NCc2cccc3c2C(=O)N(C2CCC(=O)NC2=O)C3=O)cc1. The maximum absolute atomic E-state index is 13.0. The zero-order chi connectivity index (χ0) is 22.1. The van der Waals surface area contributed by atoms with Gasteiger partial charge in [-0.25, -0.2) is 4.79 Å². The molecule has 3 N–H and O–H groups in total. The van der Waals surface area contributed by atoms with Crippen molar-refractivity contribution in [3.05, 3.63) is 64.7 Å². The van der Waals surface area contributed by atoms with Gasteiger partial charge in [-0.3, -0.25) is 29.4 Å². The van der Waals surface area contributed by atoms with Gasteiger partial charge in [0.05, 0.1) is 11.1 Å². The summed E-state index contributed by atoms with van der Waals surface area (Å²) in [5.41, 5.74) is 2.48. The lowest BCUT2D eigenvalue weighted by atomic mass is 10.0. The van der Waals surface area contributed by atoms with E-state index in [1.165, 1.54) is 6.07 Å². The molecule has 2 aromatic carbocycles. The summed E-state index contributed by atoms with van der Waals surface area (Å²) in [4.78, 5) is 62.6. The third-order valence-corrected chi connectivity index (χ3v) is 5.30. The summed E-state index contributed by atoms with van der Waals surface area (Å²) >= 11 is 0. The van der Waals surface area contributed by atoms with Crippen molar-refractivity contribution < 1.29 is 24.0 Å². The Labute approximate surface area is 177 Å². The van der Waals surface area contributed by atoms with Gasteiger partial charge in [0, 0.05) is 18.7 Å². The van der Waals surface area contributed by atoms with Crippen LogP contribution >= 0.6 is 0 Å². The molecule has 158 valence electrons. The molecule has 0 saturated carbocycles. The minimum absolute atomic E-state index is 0.0169. The highest BCUT2D eigenvalue weighted by molar-refractivity contribution is 6.24. The van der Waals surface area contributed by atoms with E-state index in [0.29, 0.717) is 11.3 Å². The number of rotatable bonds is 4. The third kappa shape index (κ3) is 3.89. The number of imide groups is 2. The molecule has 1 unspecified atom stereocenters. The van der Waals surface area contributed by atoms with Gasteiger partial charge in [-0.1, -0.05) is 29.8 Å². The molecule has 4 rings (SSSR count). The van der Waals surface area contributed by atoms with Crippen LogP contribution in [-0.4, -0.2) is 40.6 Å². The summed E-state index contributed by atoms with van der Waals surface area (Å²) in [5, 5.41) is 7.55. The Hall–Kier alpha value is -4.01. The van der Waals surface area contributed by atoms with Crippen molar-refractivity contribution in [1.29, 1.82) is 0 Å². The van der Waals surface area contributed by atoms with E-state index in [1.807, 2.05) is 19.1 Å². The Morgan fingerprint density at radius 2 is 1.81 bits per heavy atom. The Bertz CT molecular complexity index is 1110. The zero-order valence-corrected chi connectivity index (χ0v) is 16.7. The Balaban J connectivity index is 1.49. The van der Waals surface area contributed by atoms with E-state index in [4.69, 9.17) is 0 Å². The van der Waals surface area contributed by atoms with Crippen LogP contribution in [-0.2, 0) is 16.1 Å². The van der Waals surface area contributed by atoms with Crippen LogP contribution in [0.2, 0.25) is 0 Å². The van der Waals surface area contributed by atoms with Crippen LogP contribution in [0.25, 0.3) is 0 Å². The van der Waals surface area contributed by atoms with Gasteiger partial charge in [0.15, 0.2) is 0 Å². The predicted octanol–water partition coefficient (Wildman–Crippen LogP) is 1.72. The average Bonchev–Trinajstić information content (AvgIpc) is 2.99. The largest absolute Gasteiger partial charge is 0.334 e. The molecule has 6 amide bonds. The molecule has 0 radical (unpaired) electrons. The molecule has 9 nitrogen and oxygen atoms in total. The van der Waals surface area contributed by atoms with Crippen LogP contribution < -0.4 is 16.0 Å². The number of anilines is 1. The number of fused-ring (bicyclic) bond motifs is 1. The second-order valence-corrected chi connectivity index (χ2v) is 7.46. The van der Waals surface area contributed by atoms with E-state index in [9.17, 15) is 24.0 Å². The van der Waals surface area contributed by atoms with Crippen molar-refractivity contribution in [2.75, 3.05) is 5.32 Å². The topological polar surface area (TPSA) is 125 Å². The number of piperidine rings is 1. The molecule has 1 fully saturated rings. The summed E-state index contributed by atoms with van der Waals surface area (Å²) in [6.07, 6.45) is 0.139. The van der Waals surface area contributed by atoms with Crippen LogP contribution in [0.3, 0.4) is 0 Å². The number of hydrogen-bond donors (Lipinski definition) is 3. The highest BCUT2D eigenvalue weighted by atomic mass is 16.2. The number of hydrogen-bond acceptors (Lipinski definition) is 5. The first kappa shape index (κ1) is 20.3. The minimum Gasteiger partial charge on any atom is -0.334 e. The summed E-state index contributed by atoms with van der Waals surface area (Å²) in [5.74, 6) is -2.28. The number of benzene rings is 2. The van der Waals surface area contributed by atoms with Gasteiger partial charge < -0.3 is 10.6 Å². The molecular formula is C22H20N4O5. The molecule has 0 aromatic heterocycles. The molecule has 2 heterocycles. The van der Waals surface area contributed by atoms with E-state index in [2.05, 4.69) is 16.0 Å². The molecule has 2 aliphatic rings. The van der Waals surface area contributed by atoms with Gasteiger partial charge >= 0.3 is 6.03 Å². The van der Waals surface area contributed by atoms with Gasteiger partial charge in [0.25, 0.3) is 11.8 Å². The predicted molar refractivity (Wildman–Crippen MR) is 110 cm³/mol. The zero-order valence-electron chi connectivity index (χ0n) is 16.7. The van der Waals surface area contributed by atoms with Gasteiger partial charge in [-0.05, 0) is 37.1 Å². The fourth-order valence-electron chi connectivity index (χ4n) is 3.72. The van der Waals surface area contributed by atoms with Crippen molar-refractivity contribution >= 4 is 35.3 Å². The molecule has 1 atom stereocenters. The number of aryl methyl sites for hydroxylation is 1. The first-order chi connectivity index (χ1) is 14.8. The van der Waals surface area contributed by atoms with E-state index in [1.54, 1.807) is 24.3 Å². The van der Waals surface area contributed by atoms with E-state index in [0.717, 1.165) is 10.5 Å². The van der Waals surface area contributed by atoms with Crippen molar-refractivity contribution in [3.8, 4) is 0 Å². The number of amides is 6. The van der Waals surface area contributed by atoms with Crippen molar-refractivity contribution in [3.63, 3.8) is 0 Å². The first-order valence-corrected chi connectivity index (χ1v) is 9.80. The molecule has 0 spiro atoms. The average molecular weight is 420 g/mol. The molecular weight excluding hydrogens is 400 g/mol. The smallest absolute Gasteiger partial charge is 0.319 e. The fourth-order valence-corrected chi connectivity index (χ4v) is 3.72. The van der Waals surface area contributed by atoms with Crippen LogP contribution in [0.15, 0.2) is 42.5 Å². The summed E-state index contributed by atoms with van der Waals surface area (Å²) in [6.45, 7) is 1.96. The van der Waals surface area contributed by atoms with Crippen LogP contribution in [0.4, 0.5) is 10.5 Å². The monoisotopic (exact) mass is 420 g/mol. The van der Waals surface area contributed by atoms with E-state index in [-0.39, 0.29) is 30.5 Å². The highest BCUT2D eigenvalue weighted by Gasteiger charge is 2.45. The molecule has 31 heavy (non-hydrogen) atoms. The number of nitrogens with one attached hydrogen (secondary N) is 3.